The van der Waals surface area contributed by atoms with Crippen LogP contribution in [0.1, 0.15) is 47.0 Å². The van der Waals surface area contributed by atoms with Crippen molar-refractivity contribution < 1.29 is 9.59 Å². The molecule has 0 aromatic carbocycles. The Bertz CT molecular complexity index is 321. The highest BCUT2D eigenvalue weighted by Crippen LogP contribution is 2.12. The molecule has 0 aromatic rings. The quantitative estimate of drug-likeness (QED) is 0.768. The minimum atomic E-state index is 0.0248. The number of hydrogen-bond donors (Lipinski definition) is 2. The second kappa shape index (κ2) is 8.25. The molecule has 0 aliphatic carbocycles. The van der Waals surface area contributed by atoms with Crippen molar-refractivity contribution in [3.05, 3.63) is 0 Å². The van der Waals surface area contributed by atoms with Crippen LogP contribution in [0.25, 0.3) is 0 Å². The zero-order chi connectivity index (χ0) is 15.1. The van der Waals surface area contributed by atoms with Gasteiger partial charge in [0.25, 0.3) is 0 Å². The van der Waals surface area contributed by atoms with Crippen LogP contribution in [-0.2, 0) is 9.59 Å². The molecule has 0 radical (unpaired) electrons. The molecule has 1 heterocycles. The largest absolute Gasteiger partial charge is 0.353 e. The lowest BCUT2D eigenvalue weighted by atomic mass is 10.0. The highest BCUT2D eigenvalue weighted by atomic mass is 16.2. The minimum Gasteiger partial charge on any atom is -0.353 e. The number of nitrogens with zero attached hydrogens (tertiary/aromatic N) is 1. The van der Waals surface area contributed by atoms with Crippen molar-refractivity contribution in [1.29, 1.82) is 0 Å². The van der Waals surface area contributed by atoms with Crippen molar-refractivity contribution in [2.45, 2.75) is 59.0 Å². The maximum atomic E-state index is 12.0. The van der Waals surface area contributed by atoms with E-state index in [0.717, 1.165) is 32.5 Å². The molecular weight excluding hydrogens is 254 g/mol. The van der Waals surface area contributed by atoms with Gasteiger partial charge in [-0.15, -0.1) is 0 Å². The fourth-order valence-corrected chi connectivity index (χ4v) is 2.27. The van der Waals surface area contributed by atoms with E-state index in [9.17, 15) is 9.59 Å². The average Bonchev–Trinajstić information content (AvgIpc) is 2.38. The third-order valence-corrected chi connectivity index (χ3v) is 3.61. The summed E-state index contributed by atoms with van der Waals surface area (Å²) in [5.41, 5.74) is 0. The highest BCUT2D eigenvalue weighted by molar-refractivity contribution is 5.78. The van der Waals surface area contributed by atoms with Gasteiger partial charge in [-0.05, 0) is 12.8 Å². The van der Waals surface area contributed by atoms with Crippen molar-refractivity contribution >= 4 is 11.8 Å². The lowest BCUT2D eigenvalue weighted by molar-refractivity contribution is -0.132. The van der Waals surface area contributed by atoms with E-state index in [-0.39, 0.29) is 23.8 Å². The fourth-order valence-electron chi connectivity index (χ4n) is 2.27. The molecule has 5 heteroatoms. The van der Waals surface area contributed by atoms with Crippen LogP contribution in [-0.4, -0.2) is 48.4 Å². The number of hydrogen-bond acceptors (Lipinski definition) is 3. The maximum Gasteiger partial charge on any atom is 0.223 e. The van der Waals surface area contributed by atoms with Gasteiger partial charge >= 0.3 is 0 Å². The number of nitrogens with one attached hydrogen (secondary N) is 2. The molecule has 0 unspecified atom stereocenters. The zero-order valence-electron chi connectivity index (χ0n) is 13.2. The molecule has 1 aliphatic heterocycles. The summed E-state index contributed by atoms with van der Waals surface area (Å²) in [6, 6.07) is 0.641. The fraction of sp³-hybridized carbons (Fsp3) is 0.867. The highest BCUT2D eigenvalue weighted by Gasteiger charge is 2.24. The van der Waals surface area contributed by atoms with E-state index in [1.807, 2.05) is 18.7 Å². The molecule has 2 N–H and O–H groups in total. The summed E-state index contributed by atoms with van der Waals surface area (Å²) < 4.78 is 0. The monoisotopic (exact) mass is 283 g/mol. The number of piperidine rings is 1. The molecule has 0 spiro atoms. The summed E-state index contributed by atoms with van der Waals surface area (Å²) in [5, 5.41) is 6.30. The predicted molar refractivity (Wildman–Crippen MR) is 80.3 cm³/mol. The smallest absolute Gasteiger partial charge is 0.223 e. The van der Waals surface area contributed by atoms with Crippen molar-refractivity contribution in [3.63, 3.8) is 0 Å². The molecule has 0 atom stereocenters. The van der Waals surface area contributed by atoms with Crippen LogP contribution in [0.2, 0.25) is 0 Å². The van der Waals surface area contributed by atoms with Crippen molar-refractivity contribution in [1.82, 2.24) is 15.5 Å². The van der Waals surface area contributed by atoms with Crippen LogP contribution in [0.3, 0.4) is 0 Å². The number of carbonyl (C=O) groups is 2. The summed E-state index contributed by atoms with van der Waals surface area (Å²) in [5.74, 6) is 0.347. The van der Waals surface area contributed by atoms with E-state index >= 15 is 0 Å². The van der Waals surface area contributed by atoms with Gasteiger partial charge in [0.15, 0.2) is 0 Å². The molecule has 20 heavy (non-hydrogen) atoms. The molecule has 1 fully saturated rings. The second-order valence-corrected chi connectivity index (χ2v) is 6.18. The van der Waals surface area contributed by atoms with E-state index < -0.39 is 0 Å². The summed E-state index contributed by atoms with van der Waals surface area (Å²) in [7, 11) is 0. The third kappa shape index (κ3) is 5.90. The normalized spacial score (nSPS) is 16.8. The zero-order valence-corrected chi connectivity index (χ0v) is 13.2. The van der Waals surface area contributed by atoms with Crippen LogP contribution in [0, 0.1) is 5.92 Å². The van der Waals surface area contributed by atoms with Gasteiger partial charge < -0.3 is 15.5 Å². The molecule has 2 amide bonds. The topological polar surface area (TPSA) is 61.4 Å². The minimum absolute atomic E-state index is 0.0248. The van der Waals surface area contributed by atoms with Crippen molar-refractivity contribution in [3.8, 4) is 0 Å². The Morgan fingerprint density at radius 2 is 1.75 bits per heavy atom. The van der Waals surface area contributed by atoms with Crippen LogP contribution in [0.15, 0.2) is 0 Å². The molecular formula is C15H29N3O2. The van der Waals surface area contributed by atoms with Crippen LogP contribution in [0.4, 0.5) is 0 Å². The Labute approximate surface area is 122 Å². The first-order valence-electron chi connectivity index (χ1n) is 7.71. The third-order valence-electron chi connectivity index (χ3n) is 3.61. The first kappa shape index (κ1) is 17.0. The summed E-state index contributed by atoms with van der Waals surface area (Å²) in [4.78, 5) is 25.6. The van der Waals surface area contributed by atoms with E-state index in [1.54, 1.807) is 0 Å². The van der Waals surface area contributed by atoms with E-state index in [1.165, 1.54) is 0 Å². The Hall–Kier alpha value is -1.10. The SMILES string of the molecule is CC(C)NCCC(=O)N1CCC(NC(=O)C(C)C)CC1. The van der Waals surface area contributed by atoms with Crippen molar-refractivity contribution in [2.75, 3.05) is 19.6 Å². The van der Waals surface area contributed by atoms with Crippen LogP contribution >= 0.6 is 0 Å². The molecule has 0 bridgehead atoms. The lowest BCUT2D eigenvalue weighted by Gasteiger charge is -2.33. The predicted octanol–water partition coefficient (Wildman–Crippen LogP) is 1.14. The summed E-state index contributed by atoms with van der Waals surface area (Å²) in [6.07, 6.45) is 2.28. The summed E-state index contributed by atoms with van der Waals surface area (Å²) >= 11 is 0. The molecule has 5 nitrogen and oxygen atoms in total. The molecule has 116 valence electrons. The van der Waals surface area contributed by atoms with Crippen LogP contribution in [0.5, 0.6) is 0 Å². The molecule has 1 aliphatic rings. The van der Waals surface area contributed by atoms with E-state index in [2.05, 4.69) is 24.5 Å². The number of rotatable bonds is 6. The number of amides is 2. The Morgan fingerprint density at radius 3 is 2.25 bits per heavy atom. The van der Waals surface area contributed by atoms with Gasteiger partial charge in [0.1, 0.15) is 0 Å². The van der Waals surface area contributed by atoms with Gasteiger partial charge in [0.2, 0.25) is 11.8 Å². The Morgan fingerprint density at radius 1 is 1.15 bits per heavy atom. The van der Waals surface area contributed by atoms with Gasteiger partial charge in [0, 0.05) is 44.1 Å². The first-order valence-corrected chi connectivity index (χ1v) is 7.71. The van der Waals surface area contributed by atoms with Gasteiger partial charge in [-0.2, -0.15) is 0 Å². The lowest BCUT2D eigenvalue weighted by Crippen LogP contribution is -2.47. The second-order valence-electron chi connectivity index (χ2n) is 6.18. The standard InChI is InChI=1S/C15H29N3O2/c1-11(2)15(20)17-13-6-9-18(10-7-13)14(19)5-8-16-12(3)4/h11-13,16H,5-10H2,1-4H3,(H,17,20). The Balaban J connectivity index is 2.24. The van der Waals surface area contributed by atoms with Crippen molar-refractivity contribution in [2.24, 2.45) is 5.92 Å². The van der Waals surface area contributed by atoms with Gasteiger partial charge in [-0.3, -0.25) is 9.59 Å². The molecule has 1 saturated heterocycles. The van der Waals surface area contributed by atoms with Crippen LogP contribution < -0.4 is 10.6 Å². The Kier molecular flexibility index (Phi) is 6.99. The van der Waals surface area contributed by atoms with Gasteiger partial charge in [0.05, 0.1) is 0 Å². The van der Waals surface area contributed by atoms with Gasteiger partial charge in [-0.1, -0.05) is 27.7 Å². The average molecular weight is 283 g/mol. The maximum absolute atomic E-state index is 12.0. The number of carbonyl (C=O) groups excluding carboxylic acids is 2. The van der Waals surface area contributed by atoms with E-state index in [4.69, 9.17) is 0 Å². The van der Waals surface area contributed by atoms with Gasteiger partial charge in [-0.25, -0.2) is 0 Å². The molecule has 1 rings (SSSR count). The van der Waals surface area contributed by atoms with E-state index in [0.29, 0.717) is 12.5 Å². The number of likely N-dealkylation sites (tertiary alicyclic amines) is 1. The molecule has 0 aromatic heterocycles. The first-order chi connectivity index (χ1) is 9.40. The molecule has 0 saturated carbocycles. The summed E-state index contributed by atoms with van der Waals surface area (Å²) in [6.45, 7) is 10.2.